The Labute approximate surface area is 263 Å². The Morgan fingerprint density at radius 2 is 1.19 bits per heavy atom. The average Bonchev–Trinajstić information content (AvgIpc) is 3.22. The molecule has 238 valence electrons. The predicted octanol–water partition coefficient (Wildman–Crippen LogP) is 1.57. The smallest absolute Gasteiger partial charge is 0.356 e. The van der Waals surface area contributed by atoms with Crippen molar-refractivity contribution in [3.05, 3.63) is 35.4 Å². The second kappa shape index (κ2) is 18.3. The van der Waals surface area contributed by atoms with Crippen LogP contribution >= 0.6 is 23.9 Å². The van der Waals surface area contributed by atoms with E-state index in [1.807, 2.05) is 14.1 Å². The van der Waals surface area contributed by atoms with E-state index in [1.165, 1.54) is 67.6 Å². The zero-order valence-corrected chi connectivity index (χ0v) is 27.4. The van der Waals surface area contributed by atoms with Crippen LogP contribution in [0.5, 0.6) is 0 Å². The number of carbonyl (C=O) groups is 2. The number of nitrogens with two attached hydrogens (primary N) is 5. The first-order chi connectivity index (χ1) is 20.4. The minimum Gasteiger partial charge on any atom is -0.356 e. The zero-order chi connectivity index (χ0) is 31.9. The minimum atomic E-state index is -0.147. The molecule has 2 amide bonds. The number of hydrogen-bond acceptors (Lipinski definition) is 4. The largest absolute Gasteiger partial charge is 0.387 e. The van der Waals surface area contributed by atoms with Crippen molar-refractivity contribution in [1.29, 1.82) is 0 Å². The molecule has 43 heavy (non-hydrogen) atoms. The van der Waals surface area contributed by atoms with Gasteiger partial charge in [0, 0.05) is 10.5 Å². The molecule has 4 rings (SSSR count). The van der Waals surface area contributed by atoms with Crippen molar-refractivity contribution in [2.24, 2.45) is 38.7 Å². The predicted molar refractivity (Wildman–Crippen MR) is 179 cm³/mol. The molecule has 0 unspecified atom stereocenters. The van der Waals surface area contributed by atoms with Crippen molar-refractivity contribution in [3.8, 4) is 0 Å². The summed E-state index contributed by atoms with van der Waals surface area (Å²) in [4.78, 5) is 31.9. The molecule has 2 aliphatic carbocycles. The van der Waals surface area contributed by atoms with E-state index in [-0.39, 0.29) is 17.8 Å². The van der Waals surface area contributed by atoms with Crippen molar-refractivity contribution in [1.82, 2.24) is 9.03 Å². The SMILES string of the molecule is C[N+](C)=C(N)/N=C(\N)NSC1CCCCC1.C[N+](C)=C(N)N=C(N)N.O=C1c2ccccc2C(=O)N1SC1CCCCC1. The van der Waals surface area contributed by atoms with Crippen molar-refractivity contribution in [3.63, 3.8) is 0 Å². The van der Waals surface area contributed by atoms with Gasteiger partial charge in [-0.3, -0.25) is 34.9 Å². The Balaban J connectivity index is 0.000000239. The first-order valence-corrected chi connectivity index (χ1v) is 16.2. The average molecular weight is 636 g/mol. The van der Waals surface area contributed by atoms with Gasteiger partial charge in [-0.15, -0.1) is 0 Å². The Hall–Kier alpha value is -3.46. The maximum Gasteiger partial charge on any atom is 0.387 e. The molecule has 11 N–H and O–H groups in total. The lowest BCUT2D eigenvalue weighted by atomic mass is 10.0. The van der Waals surface area contributed by atoms with Crippen LogP contribution in [0.1, 0.15) is 84.9 Å². The van der Waals surface area contributed by atoms with Gasteiger partial charge in [-0.05, 0) is 71.7 Å². The molecular weight excluding hydrogens is 587 g/mol. The summed E-state index contributed by atoms with van der Waals surface area (Å²) in [6.07, 6.45) is 12.4. The number of guanidine groups is 4. The number of aliphatic imine (C=N–C) groups is 2. The Morgan fingerprint density at radius 1 is 0.744 bits per heavy atom. The second-order valence-electron chi connectivity index (χ2n) is 10.8. The van der Waals surface area contributed by atoms with E-state index in [1.54, 1.807) is 59.5 Å². The van der Waals surface area contributed by atoms with E-state index in [4.69, 9.17) is 28.7 Å². The lowest BCUT2D eigenvalue weighted by molar-refractivity contribution is -0.466. The summed E-state index contributed by atoms with van der Waals surface area (Å²) < 4.78 is 7.75. The molecular formula is C28H49N11O2S2+2. The van der Waals surface area contributed by atoms with Gasteiger partial charge in [-0.2, -0.15) is 0 Å². The number of rotatable bonds is 4. The van der Waals surface area contributed by atoms with Gasteiger partial charge < -0.3 is 17.2 Å². The molecule has 15 heteroatoms. The van der Waals surface area contributed by atoms with Crippen molar-refractivity contribution < 1.29 is 18.7 Å². The molecule has 0 aromatic heterocycles. The van der Waals surface area contributed by atoms with Crippen molar-refractivity contribution >= 4 is 59.5 Å². The maximum atomic E-state index is 12.2. The second-order valence-corrected chi connectivity index (χ2v) is 13.2. The number of nitrogens with zero attached hydrogens (tertiary/aromatic N) is 5. The van der Waals surface area contributed by atoms with E-state index in [2.05, 4.69) is 14.7 Å². The molecule has 2 saturated carbocycles. The van der Waals surface area contributed by atoms with Crippen molar-refractivity contribution in [2.45, 2.75) is 74.7 Å². The van der Waals surface area contributed by atoms with E-state index >= 15 is 0 Å². The Morgan fingerprint density at radius 3 is 1.60 bits per heavy atom. The molecule has 0 spiro atoms. The summed E-state index contributed by atoms with van der Waals surface area (Å²) in [5.41, 5.74) is 27.8. The summed E-state index contributed by atoms with van der Waals surface area (Å²) in [5, 5.41) is 1.07. The molecule has 3 aliphatic rings. The van der Waals surface area contributed by atoms with E-state index < -0.39 is 0 Å². The van der Waals surface area contributed by atoms with Crippen LogP contribution in [0.15, 0.2) is 34.3 Å². The van der Waals surface area contributed by atoms with Gasteiger partial charge in [0.05, 0.1) is 39.3 Å². The van der Waals surface area contributed by atoms with Gasteiger partial charge >= 0.3 is 11.9 Å². The molecule has 2 fully saturated rings. The number of benzene rings is 1. The topological polar surface area (TPSA) is 210 Å². The van der Waals surface area contributed by atoms with Crippen LogP contribution in [0.4, 0.5) is 0 Å². The van der Waals surface area contributed by atoms with E-state index in [0.29, 0.717) is 39.5 Å². The molecule has 1 aliphatic heterocycles. The third-order valence-corrected chi connectivity index (χ3v) is 9.28. The molecule has 0 atom stereocenters. The number of carbonyl (C=O) groups excluding carboxylic acids is 2. The highest BCUT2D eigenvalue weighted by atomic mass is 32.2. The van der Waals surface area contributed by atoms with Gasteiger partial charge in [-0.25, -0.2) is 4.31 Å². The van der Waals surface area contributed by atoms with Crippen molar-refractivity contribution in [2.75, 3.05) is 28.2 Å². The fourth-order valence-electron chi connectivity index (χ4n) is 4.39. The van der Waals surface area contributed by atoms with Crippen LogP contribution in [-0.2, 0) is 0 Å². The van der Waals surface area contributed by atoms with Crippen LogP contribution in [0.3, 0.4) is 0 Å². The quantitative estimate of drug-likeness (QED) is 0.0924. The molecule has 1 heterocycles. The van der Waals surface area contributed by atoms with Crippen LogP contribution in [0.25, 0.3) is 0 Å². The van der Waals surface area contributed by atoms with Crippen LogP contribution in [0, 0.1) is 0 Å². The zero-order valence-electron chi connectivity index (χ0n) is 25.8. The van der Waals surface area contributed by atoms with Gasteiger partial charge in [0.2, 0.25) is 0 Å². The first kappa shape index (κ1) is 35.7. The number of amides is 2. The van der Waals surface area contributed by atoms with E-state index in [0.717, 1.165) is 12.8 Å². The highest BCUT2D eigenvalue weighted by molar-refractivity contribution is 7.98. The van der Waals surface area contributed by atoms with Gasteiger partial charge in [0.1, 0.15) is 0 Å². The molecule has 13 nitrogen and oxygen atoms in total. The van der Waals surface area contributed by atoms with Gasteiger partial charge in [0.25, 0.3) is 23.7 Å². The summed E-state index contributed by atoms with van der Waals surface area (Å²) in [7, 11) is 7.17. The Bertz CT molecular complexity index is 1170. The fraction of sp³-hybridized carbons (Fsp3) is 0.571. The van der Waals surface area contributed by atoms with Gasteiger partial charge in [0.15, 0.2) is 0 Å². The van der Waals surface area contributed by atoms with Gasteiger partial charge in [-0.1, -0.05) is 50.7 Å². The summed E-state index contributed by atoms with van der Waals surface area (Å²) in [6.45, 7) is 0. The monoisotopic (exact) mass is 635 g/mol. The number of fused-ring (bicyclic) bond motifs is 1. The molecule has 0 radical (unpaired) electrons. The molecule has 0 bridgehead atoms. The number of imide groups is 1. The Kier molecular flexibility index (Phi) is 15.2. The lowest BCUT2D eigenvalue weighted by Gasteiger charge is -2.24. The third-order valence-electron chi connectivity index (χ3n) is 6.84. The van der Waals surface area contributed by atoms with Crippen LogP contribution < -0.4 is 33.4 Å². The minimum absolute atomic E-state index is 0.0267. The highest BCUT2D eigenvalue weighted by Crippen LogP contribution is 2.35. The summed E-state index contributed by atoms with van der Waals surface area (Å²) >= 11 is 3.10. The number of hydrogen-bond donors (Lipinski definition) is 6. The van der Waals surface area contributed by atoms with E-state index in [9.17, 15) is 9.59 Å². The third kappa shape index (κ3) is 12.4. The maximum absolute atomic E-state index is 12.2. The standard InChI is InChI=1S/C14H15NO2S.C10H21N5S.C4H11N5/c16-13-11-8-4-5-9-12(11)14(17)15(13)18-10-6-2-1-3-7-10;1-15(2)10(12)13-9(11)14-16-8-6-4-3-5-7-8;1-9(2)4(7)8-3(5)6/h4-5,8-10H,1-3,6-7H2;8H,3-7H2,1-2H3,(H4,11,12,13,14);1-2H3,(H5,5,6,7,8)/p+2. The fourth-order valence-corrected chi connectivity index (χ4v) is 6.52. The molecule has 0 saturated heterocycles. The van der Waals surface area contributed by atoms with Crippen LogP contribution in [-0.4, -0.2) is 87.8 Å². The molecule has 1 aromatic carbocycles. The number of nitrogens with one attached hydrogen (secondary N) is 1. The normalized spacial score (nSPS) is 17.0. The summed E-state index contributed by atoms with van der Waals surface area (Å²) in [5.74, 6) is 0.768. The molecule has 1 aromatic rings. The summed E-state index contributed by atoms with van der Waals surface area (Å²) in [6, 6.07) is 7.07. The first-order valence-electron chi connectivity index (χ1n) is 14.5. The van der Waals surface area contributed by atoms with Crippen LogP contribution in [0.2, 0.25) is 0 Å². The lowest BCUT2D eigenvalue weighted by Crippen LogP contribution is -2.33. The highest BCUT2D eigenvalue weighted by Gasteiger charge is 2.37.